The SMILES string of the molecule is Clc1ccc(CC2CC[NH+](CCNc3nc4ccccc4o3)CC2)cc1Cl. The number of nitrogens with one attached hydrogen (secondary N) is 2. The summed E-state index contributed by atoms with van der Waals surface area (Å²) < 4.78 is 5.71. The molecule has 4 rings (SSSR count). The molecule has 0 atom stereocenters. The Balaban J connectivity index is 1.20. The topological polar surface area (TPSA) is 42.5 Å². The van der Waals surface area contributed by atoms with Gasteiger partial charge in [-0.05, 0) is 55.0 Å². The van der Waals surface area contributed by atoms with Crippen molar-refractivity contribution < 1.29 is 9.32 Å². The molecule has 3 aromatic rings. The van der Waals surface area contributed by atoms with Crippen molar-refractivity contribution >= 4 is 40.3 Å². The summed E-state index contributed by atoms with van der Waals surface area (Å²) in [7, 11) is 0. The molecule has 0 spiro atoms. The molecule has 1 fully saturated rings. The number of hydrogen-bond donors (Lipinski definition) is 2. The normalized spacial score (nSPS) is 20.1. The first kappa shape index (κ1) is 18.6. The highest BCUT2D eigenvalue weighted by Gasteiger charge is 2.22. The van der Waals surface area contributed by atoms with Gasteiger partial charge in [0.2, 0.25) is 0 Å². The quantitative estimate of drug-likeness (QED) is 0.650. The molecule has 0 unspecified atom stereocenters. The minimum atomic E-state index is 0.616. The van der Waals surface area contributed by atoms with E-state index in [4.69, 9.17) is 27.6 Å². The maximum absolute atomic E-state index is 6.13. The van der Waals surface area contributed by atoms with Crippen LogP contribution in [-0.4, -0.2) is 31.2 Å². The highest BCUT2D eigenvalue weighted by Crippen LogP contribution is 2.25. The standard InChI is InChI=1S/C21H23Cl2N3O/c22-17-6-5-16(14-18(17)23)13-15-7-10-26(11-8-15)12-9-24-21-25-19-3-1-2-4-20(19)27-21/h1-6,14-15H,7-13H2,(H,24,25)/p+1. The predicted molar refractivity (Wildman–Crippen MR) is 111 cm³/mol. The van der Waals surface area contributed by atoms with Gasteiger partial charge in [0, 0.05) is 0 Å². The summed E-state index contributed by atoms with van der Waals surface area (Å²) in [6.07, 6.45) is 3.59. The van der Waals surface area contributed by atoms with Crippen molar-refractivity contribution in [3.8, 4) is 0 Å². The van der Waals surface area contributed by atoms with Gasteiger partial charge in [-0.1, -0.05) is 41.4 Å². The number of fused-ring (bicyclic) bond motifs is 1. The molecule has 142 valence electrons. The van der Waals surface area contributed by atoms with Gasteiger partial charge in [0.1, 0.15) is 5.52 Å². The monoisotopic (exact) mass is 404 g/mol. The Hall–Kier alpha value is -1.75. The molecule has 0 bridgehead atoms. The number of benzene rings is 2. The van der Waals surface area contributed by atoms with E-state index in [2.05, 4.69) is 16.4 Å². The molecule has 0 radical (unpaired) electrons. The van der Waals surface area contributed by atoms with Gasteiger partial charge >= 0.3 is 0 Å². The van der Waals surface area contributed by atoms with Crippen LogP contribution in [0.5, 0.6) is 0 Å². The molecule has 0 aliphatic carbocycles. The predicted octanol–water partition coefficient (Wildman–Crippen LogP) is 4.08. The third-order valence-electron chi connectivity index (χ3n) is 5.37. The van der Waals surface area contributed by atoms with Gasteiger partial charge in [-0.3, -0.25) is 0 Å². The minimum absolute atomic E-state index is 0.616. The Morgan fingerprint density at radius 3 is 2.67 bits per heavy atom. The lowest BCUT2D eigenvalue weighted by atomic mass is 9.90. The van der Waals surface area contributed by atoms with E-state index >= 15 is 0 Å². The van der Waals surface area contributed by atoms with E-state index in [1.807, 2.05) is 36.4 Å². The smallest absolute Gasteiger partial charge is 0.295 e. The van der Waals surface area contributed by atoms with Gasteiger partial charge in [-0.15, -0.1) is 0 Å². The van der Waals surface area contributed by atoms with Crippen LogP contribution in [0, 0.1) is 5.92 Å². The van der Waals surface area contributed by atoms with E-state index in [9.17, 15) is 0 Å². The zero-order valence-corrected chi connectivity index (χ0v) is 16.7. The lowest BCUT2D eigenvalue weighted by Gasteiger charge is -2.29. The van der Waals surface area contributed by atoms with Crippen molar-refractivity contribution in [3.63, 3.8) is 0 Å². The number of hydrogen-bond acceptors (Lipinski definition) is 3. The second-order valence-corrected chi connectivity index (χ2v) is 8.12. The van der Waals surface area contributed by atoms with Gasteiger partial charge in [-0.25, -0.2) is 0 Å². The zero-order chi connectivity index (χ0) is 18.6. The summed E-state index contributed by atoms with van der Waals surface area (Å²) >= 11 is 12.1. The molecule has 0 amide bonds. The summed E-state index contributed by atoms with van der Waals surface area (Å²) in [5.74, 6) is 0.732. The maximum atomic E-state index is 6.13. The molecule has 2 heterocycles. The highest BCUT2D eigenvalue weighted by molar-refractivity contribution is 6.42. The molecule has 0 saturated carbocycles. The van der Waals surface area contributed by atoms with Crippen molar-refractivity contribution in [1.29, 1.82) is 0 Å². The van der Waals surface area contributed by atoms with Crippen LogP contribution in [0.2, 0.25) is 10.0 Å². The first-order valence-electron chi connectivity index (χ1n) is 9.54. The summed E-state index contributed by atoms with van der Waals surface area (Å²) in [5.41, 5.74) is 3.02. The van der Waals surface area contributed by atoms with Crippen molar-refractivity contribution in [2.75, 3.05) is 31.5 Å². The molecule has 4 nitrogen and oxygen atoms in total. The van der Waals surface area contributed by atoms with Crippen LogP contribution in [0.15, 0.2) is 46.9 Å². The average Bonchev–Trinajstić information content (AvgIpc) is 3.09. The van der Waals surface area contributed by atoms with Crippen LogP contribution in [0.3, 0.4) is 0 Å². The lowest BCUT2D eigenvalue weighted by Crippen LogP contribution is -3.13. The minimum Gasteiger partial charge on any atom is -0.424 e. The first-order valence-corrected chi connectivity index (χ1v) is 10.3. The van der Waals surface area contributed by atoms with E-state index in [0.717, 1.165) is 36.5 Å². The maximum Gasteiger partial charge on any atom is 0.295 e. The molecule has 1 saturated heterocycles. The first-order chi connectivity index (χ1) is 13.2. The molecule has 2 N–H and O–H groups in total. The van der Waals surface area contributed by atoms with Gasteiger partial charge < -0.3 is 14.6 Å². The van der Waals surface area contributed by atoms with E-state index < -0.39 is 0 Å². The fraction of sp³-hybridized carbons (Fsp3) is 0.381. The van der Waals surface area contributed by atoms with Crippen LogP contribution in [0.1, 0.15) is 18.4 Å². The second-order valence-electron chi connectivity index (χ2n) is 7.31. The highest BCUT2D eigenvalue weighted by atomic mass is 35.5. The molecular weight excluding hydrogens is 381 g/mol. The lowest BCUT2D eigenvalue weighted by molar-refractivity contribution is -0.904. The van der Waals surface area contributed by atoms with Gasteiger partial charge in [0.05, 0.1) is 36.2 Å². The zero-order valence-electron chi connectivity index (χ0n) is 15.2. The van der Waals surface area contributed by atoms with Gasteiger partial charge in [0.25, 0.3) is 6.01 Å². The van der Waals surface area contributed by atoms with Crippen LogP contribution >= 0.6 is 23.2 Å². The molecule has 27 heavy (non-hydrogen) atoms. The third-order valence-corrected chi connectivity index (χ3v) is 6.11. The molecule has 1 aliphatic rings. The molecular formula is C21H24Cl2N3O+. The Morgan fingerprint density at radius 1 is 1.07 bits per heavy atom. The number of para-hydroxylation sites is 2. The van der Waals surface area contributed by atoms with E-state index in [-0.39, 0.29) is 0 Å². The Morgan fingerprint density at radius 2 is 1.89 bits per heavy atom. The number of quaternary nitrogens is 1. The summed E-state index contributed by atoms with van der Waals surface area (Å²) in [6, 6.07) is 14.5. The van der Waals surface area contributed by atoms with Crippen molar-refractivity contribution in [1.82, 2.24) is 4.98 Å². The third kappa shape index (κ3) is 4.75. The number of rotatable bonds is 6. The number of aromatic nitrogens is 1. The fourth-order valence-corrected chi connectivity index (χ4v) is 4.15. The van der Waals surface area contributed by atoms with E-state index in [1.54, 1.807) is 4.90 Å². The molecule has 6 heteroatoms. The number of piperidine rings is 1. The van der Waals surface area contributed by atoms with Crippen LogP contribution < -0.4 is 10.2 Å². The Bertz CT molecular complexity index is 870. The second kappa shape index (κ2) is 8.51. The van der Waals surface area contributed by atoms with Crippen molar-refractivity contribution in [2.24, 2.45) is 5.92 Å². The van der Waals surface area contributed by atoms with Crippen LogP contribution in [0.25, 0.3) is 11.1 Å². The van der Waals surface area contributed by atoms with Gasteiger partial charge in [-0.2, -0.15) is 4.98 Å². The van der Waals surface area contributed by atoms with Gasteiger partial charge in [0.15, 0.2) is 5.58 Å². The number of halogens is 2. The van der Waals surface area contributed by atoms with Crippen molar-refractivity contribution in [3.05, 3.63) is 58.1 Å². The number of nitrogens with zero attached hydrogens (tertiary/aromatic N) is 1. The molecule has 2 aromatic carbocycles. The summed E-state index contributed by atoms with van der Waals surface area (Å²) in [5, 5.41) is 4.60. The summed E-state index contributed by atoms with van der Waals surface area (Å²) in [4.78, 5) is 6.10. The average molecular weight is 405 g/mol. The Kier molecular flexibility index (Phi) is 5.86. The number of likely N-dealkylation sites (tertiary alicyclic amines) is 1. The Labute approximate surface area is 169 Å². The van der Waals surface area contributed by atoms with Crippen LogP contribution in [0.4, 0.5) is 6.01 Å². The van der Waals surface area contributed by atoms with Crippen molar-refractivity contribution in [2.45, 2.75) is 19.3 Å². The fourth-order valence-electron chi connectivity index (χ4n) is 3.83. The molecule has 1 aromatic heterocycles. The van der Waals surface area contributed by atoms with E-state index in [1.165, 1.54) is 31.5 Å². The number of oxazole rings is 1. The van der Waals surface area contributed by atoms with Crippen LogP contribution in [-0.2, 0) is 6.42 Å². The largest absolute Gasteiger partial charge is 0.424 e. The summed E-state index contributed by atoms with van der Waals surface area (Å²) in [6.45, 7) is 4.38. The van der Waals surface area contributed by atoms with E-state index in [0.29, 0.717) is 16.1 Å². The number of anilines is 1. The molecule has 1 aliphatic heterocycles.